The zero-order valence-corrected chi connectivity index (χ0v) is 16.0. The lowest BCUT2D eigenvalue weighted by atomic mass is 9.90. The molecule has 1 aromatic heterocycles. The van der Waals surface area contributed by atoms with E-state index in [1.165, 1.54) is 10.4 Å². The number of hydrogen-bond acceptors (Lipinski definition) is 3. The lowest BCUT2D eigenvalue weighted by molar-refractivity contribution is -0.139. The second-order valence-electron chi connectivity index (χ2n) is 7.12. The number of amides is 1. The number of carbonyl (C=O) groups is 1. The fourth-order valence-electron chi connectivity index (χ4n) is 4.01. The highest BCUT2D eigenvalue weighted by molar-refractivity contribution is 7.10. The molecule has 1 saturated heterocycles. The van der Waals surface area contributed by atoms with Crippen LogP contribution in [0, 0.1) is 5.92 Å². The van der Waals surface area contributed by atoms with Gasteiger partial charge in [-0.15, -0.1) is 11.3 Å². The van der Waals surface area contributed by atoms with Gasteiger partial charge in [0.1, 0.15) is 0 Å². The van der Waals surface area contributed by atoms with Gasteiger partial charge in [-0.3, -0.25) is 4.79 Å². The van der Waals surface area contributed by atoms with E-state index < -0.39 is 0 Å². The molecule has 0 radical (unpaired) electrons. The summed E-state index contributed by atoms with van der Waals surface area (Å²) in [6.07, 6.45) is 2.90. The Morgan fingerprint density at radius 3 is 2.56 bits per heavy atom. The van der Waals surface area contributed by atoms with Crippen LogP contribution in [-0.2, 0) is 11.2 Å². The van der Waals surface area contributed by atoms with Gasteiger partial charge in [-0.1, -0.05) is 23.7 Å². The Morgan fingerprint density at radius 2 is 1.84 bits per heavy atom. The molecule has 4 rings (SSSR count). The third kappa shape index (κ3) is 3.35. The minimum Gasteiger partial charge on any atom is -0.330 e. The van der Waals surface area contributed by atoms with Crippen LogP contribution in [0.15, 0.2) is 35.7 Å². The van der Waals surface area contributed by atoms with Crippen LogP contribution in [0.3, 0.4) is 0 Å². The molecule has 1 fully saturated rings. The number of nitrogens with zero attached hydrogens (tertiary/aromatic N) is 2. The number of fused-ring (bicyclic) bond motifs is 1. The second-order valence-corrected chi connectivity index (χ2v) is 8.51. The fourth-order valence-corrected chi connectivity index (χ4v) is 5.23. The summed E-state index contributed by atoms with van der Waals surface area (Å²) in [5.74, 6) is 0.486. The van der Waals surface area contributed by atoms with Crippen molar-refractivity contribution in [3.05, 3.63) is 56.7 Å². The second kappa shape index (κ2) is 7.10. The molecule has 2 aromatic rings. The summed E-state index contributed by atoms with van der Waals surface area (Å²) in [7, 11) is 2.13. The van der Waals surface area contributed by atoms with Gasteiger partial charge in [0, 0.05) is 22.4 Å². The minimum absolute atomic E-state index is 0.0353. The molecule has 1 atom stereocenters. The van der Waals surface area contributed by atoms with E-state index in [1.54, 1.807) is 11.3 Å². The highest BCUT2D eigenvalue weighted by atomic mass is 35.5. The number of rotatable bonds is 2. The van der Waals surface area contributed by atoms with E-state index in [0.29, 0.717) is 5.91 Å². The van der Waals surface area contributed by atoms with E-state index in [9.17, 15) is 4.79 Å². The van der Waals surface area contributed by atoms with Gasteiger partial charge in [-0.2, -0.15) is 0 Å². The minimum atomic E-state index is 0.0353. The maximum absolute atomic E-state index is 13.3. The van der Waals surface area contributed by atoms with E-state index in [1.807, 2.05) is 12.1 Å². The molecule has 25 heavy (non-hydrogen) atoms. The van der Waals surface area contributed by atoms with Crippen molar-refractivity contribution < 1.29 is 4.79 Å². The predicted molar refractivity (Wildman–Crippen MR) is 103 cm³/mol. The van der Waals surface area contributed by atoms with Gasteiger partial charge in [0.25, 0.3) is 0 Å². The van der Waals surface area contributed by atoms with E-state index in [-0.39, 0.29) is 12.0 Å². The first-order valence-electron chi connectivity index (χ1n) is 8.94. The molecule has 5 heteroatoms. The molecule has 0 aliphatic carbocycles. The van der Waals surface area contributed by atoms with Gasteiger partial charge in [-0.25, -0.2) is 0 Å². The molecule has 0 N–H and O–H groups in total. The zero-order chi connectivity index (χ0) is 17.4. The van der Waals surface area contributed by atoms with Crippen LogP contribution in [0.25, 0.3) is 0 Å². The van der Waals surface area contributed by atoms with Crippen LogP contribution in [0.5, 0.6) is 0 Å². The fraction of sp³-hybridized carbons (Fsp3) is 0.450. The lowest BCUT2D eigenvalue weighted by Crippen LogP contribution is -2.45. The number of thiophene rings is 1. The normalized spacial score (nSPS) is 22.0. The van der Waals surface area contributed by atoms with E-state index >= 15 is 0 Å². The first-order chi connectivity index (χ1) is 12.1. The highest BCUT2D eigenvalue weighted by Gasteiger charge is 2.36. The smallest absolute Gasteiger partial charge is 0.226 e. The average molecular weight is 375 g/mol. The molecular weight excluding hydrogens is 352 g/mol. The topological polar surface area (TPSA) is 23.6 Å². The van der Waals surface area contributed by atoms with Gasteiger partial charge in [-0.05, 0) is 74.1 Å². The van der Waals surface area contributed by atoms with E-state index in [0.717, 1.165) is 49.5 Å². The molecule has 2 aliphatic rings. The molecular formula is C20H23ClN2OS. The van der Waals surface area contributed by atoms with Crippen LogP contribution in [0.4, 0.5) is 0 Å². The van der Waals surface area contributed by atoms with Crippen molar-refractivity contribution in [2.75, 3.05) is 26.7 Å². The molecule has 1 unspecified atom stereocenters. The van der Waals surface area contributed by atoms with Crippen LogP contribution in [0.2, 0.25) is 5.02 Å². The van der Waals surface area contributed by atoms with Crippen molar-refractivity contribution in [2.24, 2.45) is 5.92 Å². The Hall–Kier alpha value is -1.36. The van der Waals surface area contributed by atoms with Crippen LogP contribution in [0.1, 0.15) is 34.9 Å². The Kier molecular flexibility index (Phi) is 4.85. The number of benzene rings is 1. The van der Waals surface area contributed by atoms with Crippen molar-refractivity contribution in [3.63, 3.8) is 0 Å². The van der Waals surface area contributed by atoms with E-state index in [2.05, 4.69) is 40.4 Å². The molecule has 132 valence electrons. The summed E-state index contributed by atoms with van der Waals surface area (Å²) in [6.45, 7) is 2.84. The summed E-state index contributed by atoms with van der Waals surface area (Å²) in [4.78, 5) is 19.1. The Bertz CT molecular complexity index is 749. The molecule has 3 nitrogen and oxygen atoms in total. The molecule has 1 amide bonds. The first kappa shape index (κ1) is 17.1. The first-order valence-corrected chi connectivity index (χ1v) is 10.2. The molecule has 2 aliphatic heterocycles. The average Bonchev–Trinajstić information content (AvgIpc) is 3.10. The van der Waals surface area contributed by atoms with Crippen molar-refractivity contribution in [2.45, 2.75) is 25.3 Å². The summed E-state index contributed by atoms with van der Waals surface area (Å²) < 4.78 is 0. The number of carbonyl (C=O) groups excluding carboxylic acids is 1. The van der Waals surface area contributed by atoms with Crippen molar-refractivity contribution in [1.82, 2.24) is 9.80 Å². The van der Waals surface area contributed by atoms with Crippen molar-refractivity contribution in [3.8, 4) is 0 Å². The third-order valence-electron chi connectivity index (χ3n) is 5.50. The maximum atomic E-state index is 13.3. The van der Waals surface area contributed by atoms with Crippen LogP contribution < -0.4 is 0 Å². The monoisotopic (exact) mass is 374 g/mol. The molecule has 0 saturated carbocycles. The molecule has 0 bridgehead atoms. The van der Waals surface area contributed by atoms with Crippen molar-refractivity contribution >= 4 is 28.8 Å². The molecule has 0 spiro atoms. The van der Waals surface area contributed by atoms with Crippen LogP contribution in [-0.4, -0.2) is 42.4 Å². The highest BCUT2D eigenvalue weighted by Crippen LogP contribution is 2.40. The Morgan fingerprint density at radius 1 is 1.12 bits per heavy atom. The SMILES string of the molecule is CN1CCC(C(=O)N2CCc3ccsc3C2c2ccc(Cl)cc2)CC1. The van der Waals surface area contributed by atoms with Gasteiger partial charge >= 0.3 is 0 Å². The predicted octanol–water partition coefficient (Wildman–Crippen LogP) is 4.22. The standard InChI is InChI=1S/C20H23ClN2OS/c1-22-10-6-16(7-11-22)20(24)23-12-8-15-9-13-25-19(15)18(23)14-2-4-17(21)5-3-14/h2-5,9,13,16,18H,6-8,10-12H2,1H3. The van der Waals surface area contributed by atoms with Gasteiger partial charge in [0.15, 0.2) is 0 Å². The number of piperidine rings is 1. The van der Waals surface area contributed by atoms with Gasteiger partial charge in [0.2, 0.25) is 5.91 Å². The number of likely N-dealkylation sites (tertiary alicyclic amines) is 1. The summed E-state index contributed by atoms with van der Waals surface area (Å²) in [5, 5.41) is 2.89. The Labute approximate surface area is 158 Å². The van der Waals surface area contributed by atoms with E-state index in [4.69, 9.17) is 11.6 Å². The summed E-state index contributed by atoms with van der Waals surface area (Å²) >= 11 is 7.85. The largest absolute Gasteiger partial charge is 0.330 e. The lowest BCUT2D eigenvalue weighted by Gasteiger charge is -2.39. The number of halogens is 1. The zero-order valence-electron chi connectivity index (χ0n) is 14.5. The van der Waals surface area contributed by atoms with Crippen LogP contribution >= 0.6 is 22.9 Å². The van der Waals surface area contributed by atoms with Gasteiger partial charge < -0.3 is 9.80 Å². The van der Waals surface area contributed by atoms with Crippen molar-refractivity contribution in [1.29, 1.82) is 0 Å². The molecule has 3 heterocycles. The quantitative estimate of drug-likeness (QED) is 0.785. The van der Waals surface area contributed by atoms with Gasteiger partial charge in [0.05, 0.1) is 6.04 Å². The maximum Gasteiger partial charge on any atom is 0.226 e. The summed E-state index contributed by atoms with van der Waals surface area (Å²) in [5.41, 5.74) is 2.55. The molecule has 1 aromatic carbocycles. The summed E-state index contributed by atoms with van der Waals surface area (Å²) in [6, 6.07) is 10.2. The third-order valence-corrected chi connectivity index (χ3v) is 6.76. The Balaban J connectivity index is 1.66. The number of hydrogen-bond donors (Lipinski definition) is 0.